The Labute approximate surface area is 107 Å². The molecule has 5 heteroatoms. The zero-order chi connectivity index (χ0) is 13.5. The van der Waals surface area contributed by atoms with Gasteiger partial charge < -0.3 is 10.4 Å². The molecule has 0 saturated heterocycles. The van der Waals surface area contributed by atoms with E-state index < -0.39 is 0 Å². The molecule has 1 amide bonds. The van der Waals surface area contributed by atoms with Gasteiger partial charge in [-0.3, -0.25) is 9.48 Å². The minimum absolute atomic E-state index is 0.0278. The van der Waals surface area contributed by atoms with Crippen molar-refractivity contribution in [2.45, 2.75) is 45.8 Å². The fourth-order valence-corrected chi connectivity index (χ4v) is 2.29. The minimum Gasteiger partial charge on any atom is -0.392 e. The molecule has 1 aliphatic carbocycles. The number of aromatic nitrogens is 2. The molecule has 2 unspecified atom stereocenters. The van der Waals surface area contributed by atoms with Gasteiger partial charge in [-0.25, -0.2) is 0 Å². The van der Waals surface area contributed by atoms with E-state index in [-0.39, 0.29) is 23.5 Å². The zero-order valence-electron chi connectivity index (χ0n) is 11.4. The maximum absolute atomic E-state index is 12.1. The van der Waals surface area contributed by atoms with Crippen LogP contribution in [0.5, 0.6) is 0 Å². The highest BCUT2D eigenvalue weighted by Gasteiger charge is 2.48. The Bertz CT molecular complexity index is 465. The van der Waals surface area contributed by atoms with Crippen LogP contribution in [-0.2, 0) is 13.5 Å². The molecular formula is C13H21N3O2. The van der Waals surface area contributed by atoms with Gasteiger partial charge in [-0.2, -0.15) is 5.10 Å². The molecule has 2 N–H and O–H groups in total. The Hall–Kier alpha value is -1.36. The van der Waals surface area contributed by atoms with Crippen molar-refractivity contribution in [2.24, 2.45) is 12.5 Å². The van der Waals surface area contributed by atoms with Crippen LogP contribution < -0.4 is 5.32 Å². The summed E-state index contributed by atoms with van der Waals surface area (Å²) in [5.41, 5.74) is 1.24. The van der Waals surface area contributed by atoms with Gasteiger partial charge in [0.1, 0.15) is 5.69 Å². The molecule has 1 saturated carbocycles. The van der Waals surface area contributed by atoms with E-state index >= 15 is 0 Å². The number of rotatable bonds is 3. The molecule has 2 atom stereocenters. The highest BCUT2D eigenvalue weighted by Crippen LogP contribution is 2.40. The molecule has 1 heterocycles. The molecule has 0 aliphatic heterocycles. The predicted molar refractivity (Wildman–Crippen MR) is 68.2 cm³/mol. The van der Waals surface area contributed by atoms with Crippen LogP contribution >= 0.6 is 0 Å². The normalized spacial score (nSPS) is 25.6. The fraction of sp³-hybridized carbons (Fsp3) is 0.692. The predicted octanol–water partition coefficient (Wildman–Crippen LogP) is 0.872. The van der Waals surface area contributed by atoms with Gasteiger partial charge >= 0.3 is 0 Å². The molecule has 1 aromatic rings. The molecule has 0 bridgehead atoms. The Morgan fingerprint density at radius 3 is 2.78 bits per heavy atom. The van der Waals surface area contributed by atoms with Crippen molar-refractivity contribution >= 4 is 5.91 Å². The first-order valence-corrected chi connectivity index (χ1v) is 6.38. The average molecular weight is 251 g/mol. The molecule has 1 fully saturated rings. The summed E-state index contributed by atoms with van der Waals surface area (Å²) in [6.07, 6.45) is 1.10. The monoisotopic (exact) mass is 251 g/mol. The first-order valence-electron chi connectivity index (χ1n) is 6.38. The Balaban J connectivity index is 2.06. The second kappa shape index (κ2) is 4.39. The maximum atomic E-state index is 12.1. The smallest absolute Gasteiger partial charge is 0.269 e. The van der Waals surface area contributed by atoms with E-state index in [4.69, 9.17) is 0 Å². The standard InChI is InChI=1S/C13H21N3O2/c1-5-8-6-9(16(4)15-8)12(18)14-10-7-11(17)13(10,2)3/h6,10-11,17H,5,7H2,1-4H3,(H,14,18). The lowest BCUT2D eigenvalue weighted by Crippen LogP contribution is -2.61. The van der Waals surface area contributed by atoms with Gasteiger partial charge in [0.2, 0.25) is 0 Å². The van der Waals surface area contributed by atoms with Crippen LogP contribution in [0.15, 0.2) is 6.07 Å². The molecule has 0 aromatic carbocycles. The summed E-state index contributed by atoms with van der Waals surface area (Å²) in [4.78, 5) is 12.1. The summed E-state index contributed by atoms with van der Waals surface area (Å²) in [5.74, 6) is -0.116. The van der Waals surface area contributed by atoms with Crippen LogP contribution in [0.25, 0.3) is 0 Å². The second-order valence-electron chi connectivity index (χ2n) is 5.60. The highest BCUT2D eigenvalue weighted by molar-refractivity contribution is 5.93. The summed E-state index contributed by atoms with van der Waals surface area (Å²) in [7, 11) is 1.77. The lowest BCUT2D eigenvalue weighted by Gasteiger charge is -2.49. The summed E-state index contributed by atoms with van der Waals surface area (Å²) >= 11 is 0. The van der Waals surface area contributed by atoms with E-state index in [1.807, 2.05) is 26.8 Å². The molecule has 1 aliphatic rings. The van der Waals surface area contributed by atoms with Crippen LogP contribution in [0.1, 0.15) is 43.4 Å². The number of hydrogen-bond donors (Lipinski definition) is 2. The van der Waals surface area contributed by atoms with Gasteiger partial charge in [0.25, 0.3) is 5.91 Å². The average Bonchev–Trinajstić information content (AvgIpc) is 2.70. The molecule has 0 spiro atoms. The minimum atomic E-state index is -0.333. The van der Waals surface area contributed by atoms with E-state index in [9.17, 15) is 9.90 Å². The maximum Gasteiger partial charge on any atom is 0.269 e. The van der Waals surface area contributed by atoms with E-state index in [0.29, 0.717) is 12.1 Å². The van der Waals surface area contributed by atoms with Crippen molar-refractivity contribution in [3.05, 3.63) is 17.5 Å². The highest BCUT2D eigenvalue weighted by atomic mass is 16.3. The summed E-state index contributed by atoms with van der Waals surface area (Å²) in [6.45, 7) is 5.94. The molecule has 100 valence electrons. The summed E-state index contributed by atoms with van der Waals surface area (Å²) < 4.78 is 1.61. The number of carbonyl (C=O) groups is 1. The largest absolute Gasteiger partial charge is 0.392 e. The van der Waals surface area contributed by atoms with Crippen LogP contribution in [-0.4, -0.2) is 32.9 Å². The number of hydrogen-bond acceptors (Lipinski definition) is 3. The van der Waals surface area contributed by atoms with Crippen molar-refractivity contribution in [1.82, 2.24) is 15.1 Å². The first-order chi connectivity index (χ1) is 8.36. The van der Waals surface area contributed by atoms with Crippen LogP contribution in [0.3, 0.4) is 0 Å². The number of nitrogens with one attached hydrogen (secondary N) is 1. The molecule has 1 aromatic heterocycles. The SMILES string of the molecule is CCc1cc(C(=O)NC2CC(O)C2(C)C)n(C)n1. The number of aryl methyl sites for hydroxylation is 2. The van der Waals surface area contributed by atoms with Gasteiger partial charge in [0.15, 0.2) is 0 Å². The topological polar surface area (TPSA) is 67.2 Å². The third-order valence-corrected chi connectivity index (χ3v) is 4.05. The van der Waals surface area contributed by atoms with E-state index in [1.165, 1.54) is 0 Å². The number of aliphatic hydroxyl groups is 1. The first kappa shape index (κ1) is 13.1. The molecule has 18 heavy (non-hydrogen) atoms. The Morgan fingerprint density at radius 2 is 2.33 bits per heavy atom. The quantitative estimate of drug-likeness (QED) is 0.837. The number of nitrogens with zero attached hydrogens (tertiary/aromatic N) is 2. The Kier molecular flexibility index (Phi) is 3.19. The van der Waals surface area contributed by atoms with Crippen molar-refractivity contribution < 1.29 is 9.90 Å². The van der Waals surface area contributed by atoms with Crippen molar-refractivity contribution in [3.63, 3.8) is 0 Å². The number of carbonyl (C=O) groups excluding carboxylic acids is 1. The second-order valence-corrected chi connectivity index (χ2v) is 5.60. The van der Waals surface area contributed by atoms with Crippen molar-refractivity contribution in [2.75, 3.05) is 0 Å². The van der Waals surface area contributed by atoms with E-state index in [0.717, 1.165) is 12.1 Å². The zero-order valence-corrected chi connectivity index (χ0v) is 11.4. The molecule has 0 radical (unpaired) electrons. The van der Waals surface area contributed by atoms with E-state index in [2.05, 4.69) is 10.4 Å². The van der Waals surface area contributed by atoms with Gasteiger partial charge in [-0.15, -0.1) is 0 Å². The lowest BCUT2D eigenvalue weighted by molar-refractivity contribution is -0.0690. The van der Waals surface area contributed by atoms with Crippen molar-refractivity contribution in [1.29, 1.82) is 0 Å². The molecule has 2 rings (SSSR count). The van der Waals surface area contributed by atoms with Gasteiger partial charge in [-0.1, -0.05) is 20.8 Å². The summed E-state index contributed by atoms with van der Waals surface area (Å²) in [6, 6.07) is 1.84. The molecular weight excluding hydrogens is 230 g/mol. The van der Waals surface area contributed by atoms with Gasteiger partial charge in [0, 0.05) is 18.5 Å². The molecule has 5 nitrogen and oxygen atoms in total. The number of amides is 1. The third kappa shape index (κ3) is 2.03. The van der Waals surface area contributed by atoms with Gasteiger partial charge in [-0.05, 0) is 18.9 Å². The Morgan fingerprint density at radius 1 is 1.67 bits per heavy atom. The van der Waals surface area contributed by atoms with Crippen LogP contribution in [0.2, 0.25) is 0 Å². The summed E-state index contributed by atoms with van der Waals surface area (Å²) in [5, 5.41) is 16.9. The van der Waals surface area contributed by atoms with Gasteiger partial charge in [0.05, 0.1) is 11.8 Å². The number of aliphatic hydroxyl groups excluding tert-OH is 1. The van der Waals surface area contributed by atoms with E-state index in [1.54, 1.807) is 11.7 Å². The fourth-order valence-electron chi connectivity index (χ4n) is 2.29. The third-order valence-electron chi connectivity index (χ3n) is 4.05. The van der Waals surface area contributed by atoms with Crippen LogP contribution in [0.4, 0.5) is 0 Å². The van der Waals surface area contributed by atoms with Crippen molar-refractivity contribution in [3.8, 4) is 0 Å². The lowest BCUT2D eigenvalue weighted by atomic mass is 9.64. The van der Waals surface area contributed by atoms with Crippen LogP contribution in [0, 0.1) is 5.41 Å².